The van der Waals surface area contributed by atoms with E-state index < -0.39 is 0 Å². The van der Waals surface area contributed by atoms with E-state index in [0.717, 1.165) is 25.1 Å². The van der Waals surface area contributed by atoms with Crippen LogP contribution in [0.25, 0.3) is 0 Å². The van der Waals surface area contributed by atoms with E-state index in [-0.39, 0.29) is 17.7 Å². The number of Topliss-reactive ketones (excluding diaryl/α,β-unsaturated/α-hetero) is 1. The third-order valence-electron chi connectivity index (χ3n) is 3.22. The summed E-state index contributed by atoms with van der Waals surface area (Å²) in [4.78, 5) is 12.1. The molecule has 2 unspecified atom stereocenters. The minimum Gasteiger partial charge on any atom is -0.327 e. The Morgan fingerprint density at radius 3 is 2.67 bits per heavy atom. The van der Waals surface area contributed by atoms with Crippen molar-refractivity contribution in [3.8, 4) is 0 Å². The van der Waals surface area contributed by atoms with Gasteiger partial charge in [-0.3, -0.25) is 4.79 Å². The maximum Gasteiger partial charge on any atom is 0.204 e. The summed E-state index contributed by atoms with van der Waals surface area (Å²) in [6, 6.07) is -0.00509. The molecule has 1 heterocycles. The Hall–Kier alpha value is -1.23. The van der Waals surface area contributed by atoms with Crippen LogP contribution in [0.15, 0.2) is 0 Å². The quantitative estimate of drug-likeness (QED) is 0.715. The lowest BCUT2D eigenvalue weighted by molar-refractivity contribution is 0.0899. The van der Waals surface area contributed by atoms with E-state index in [2.05, 4.69) is 10.2 Å². The summed E-state index contributed by atoms with van der Waals surface area (Å²) in [5.41, 5.74) is 5.90. The van der Waals surface area contributed by atoms with E-state index in [9.17, 15) is 4.79 Å². The fourth-order valence-corrected chi connectivity index (χ4v) is 2.10. The molecule has 5 heteroatoms. The van der Waals surface area contributed by atoms with E-state index in [1.54, 1.807) is 4.57 Å². The van der Waals surface area contributed by atoms with E-state index in [4.69, 9.17) is 5.73 Å². The van der Waals surface area contributed by atoms with Crippen LogP contribution < -0.4 is 5.73 Å². The molecule has 1 aliphatic rings. The van der Waals surface area contributed by atoms with Gasteiger partial charge >= 0.3 is 0 Å². The van der Waals surface area contributed by atoms with Gasteiger partial charge in [0.05, 0.1) is 0 Å². The average Bonchev–Trinajstić information content (AvgIpc) is 2.75. The predicted octanol–water partition coefficient (Wildman–Crippen LogP) is 0.434. The molecule has 0 bridgehead atoms. The van der Waals surface area contributed by atoms with E-state index >= 15 is 0 Å². The number of ketones is 1. The highest BCUT2D eigenvalue weighted by Crippen LogP contribution is 2.26. The smallest absolute Gasteiger partial charge is 0.204 e. The molecule has 0 amide bonds. The number of hydrogen-bond donors (Lipinski definition) is 1. The number of hydrogen-bond acceptors (Lipinski definition) is 4. The largest absolute Gasteiger partial charge is 0.327 e. The molecular formula is C10H16N4O. The van der Waals surface area contributed by atoms with Gasteiger partial charge in [-0.15, -0.1) is 10.2 Å². The summed E-state index contributed by atoms with van der Waals surface area (Å²) in [5.74, 6) is 1.18. The van der Waals surface area contributed by atoms with E-state index in [1.165, 1.54) is 0 Å². The lowest BCUT2D eigenvalue weighted by Gasteiger charge is -2.12. The van der Waals surface area contributed by atoms with Crippen molar-refractivity contribution in [3.05, 3.63) is 11.6 Å². The van der Waals surface area contributed by atoms with Gasteiger partial charge in [-0.1, -0.05) is 6.42 Å². The molecule has 1 aromatic rings. The summed E-state index contributed by atoms with van der Waals surface area (Å²) < 4.78 is 1.73. The molecule has 5 nitrogen and oxygen atoms in total. The Morgan fingerprint density at radius 1 is 1.47 bits per heavy atom. The lowest BCUT2D eigenvalue weighted by Crippen LogP contribution is -2.32. The van der Waals surface area contributed by atoms with Crippen LogP contribution in [0.2, 0.25) is 0 Å². The van der Waals surface area contributed by atoms with Crippen molar-refractivity contribution in [3.63, 3.8) is 0 Å². The van der Waals surface area contributed by atoms with Crippen molar-refractivity contribution in [1.82, 2.24) is 14.8 Å². The van der Waals surface area contributed by atoms with Gasteiger partial charge in [0, 0.05) is 19.0 Å². The third kappa shape index (κ3) is 1.67. The van der Waals surface area contributed by atoms with Crippen LogP contribution in [-0.4, -0.2) is 26.6 Å². The number of rotatable bonds is 2. The maximum atomic E-state index is 12.1. The van der Waals surface area contributed by atoms with Crippen LogP contribution in [0, 0.1) is 12.8 Å². The average molecular weight is 208 g/mol. The van der Waals surface area contributed by atoms with Crippen LogP contribution in [0.5, 0.6) is 0 Å². The zero-order valence-electron chi connectivity index (χ0n) is 9.10. The number of carbonyl (C=O) groups excluding carboxylic acids is 1. The lowest BCUT2D eigenvalue weighted by atomic mass is 9.98. The number of aryl methyl sites for hydroxylation is 1. The normalized spacial score (nSPS) is 25.8. The second-order valence-corrected chi connectivity index (χ2v) is 4.20. The van der Waals surface area contributed by atoms with Crippen molar-refractivity contribution in [1.29, 1.82) is 0 Å². The Bertz CT molecular complexity index is 385. The third-order valence-corrected chi connectivity index (χ3v) is 3.22. The molecule has 2 N–H and O–H groups in total. The molecule has 1 saturated carbocycles. The zero-order valence-corrected chi connectivity index (χ0v) is 9.10. The number of carbonyl (C=O) groups is 1. The van der Waals surface area contributed by atoms with Gasteiger partial charge in [0.2, 0.25) is 5.78 Å². The highest BCUT2D eigenvalue weighted by molar-refractivity contribution is 5.95. The first-order valence-corrected chi connectivity index (χ1v) is 5.27. The number of aromatic nitrogens is 3. The molecule has 2 atom stereocenters. The fourth-order valence-electron chi connectivity index (χ4n) is 2.10. The highest BCUT2D eigenvalue weighted by Gasteiger charge is 2.33. The Kier molecular flexibility index (Phi) is 2.56. The zero-order chi connectivity index (χ0) is 11.0. The molecule has 0 spiro atoms. The van der Waals surface area contributed by atoms with E-state index in [0.29, 0.717) is 5.82 Å². The highest BCUT2D eigenvalue weighted by atomic mass is 16.1. The van der Waals surface area contributed by atoms with Crippen LogP contribution in [0.3, 0.4) is 0 Å². The maximum absolute atomic E-state index is 12.1. The molecular weight excluding hydrogens is 192 g/mol. The molecule has 15 heavy (non-hydrogen) atoms. The number of nitrogens with zero attached hydrogens (tertiary/aromatic N) is 3. The summed E-state index contributed by atoms with van der Waals surface area (Å²) in [7, 11) is 1.81. The molecule has 1 aliphatic carbocycles. The van der Waals surface area contributed by atoms with Crippen LogP contribution in [0.4, 0.5) is 0 Å². The first kappa shape index (κ1) is 10.3. The van der Waals surface area contributed by atoms with Crippen molar-refractivity contribution in [2.24, 2.45) is 18.7 Å². The van der Waals surface area contributed by atoms with Crippen LogP contribution >= 0.6 is 0 Å². The predicted molar refractivity (Wildman–Crippen MR) is 55.4 cm³/mol. The van der Waals surface area contributed by atoms with Gasteiger partial charge in [0.15, 0.2) is 5.82 Å². The van der Waals surface area contributed by atoms with Gasteiger partial charge in [0.25, 0.3) is 0 Å². The molecule has 2 rings (SSSR count). The molecule has 1 aromatic heterocycles. The van der Waals surface area contributed by atoms with E-state index in [1.807, 2.05) is 14.0 Å². The summed E-state index contributed by atoms with van der Waals surface area (Å²) in [5, 5.41) is 7.79. The summed E-state index contributed by atoms with van der Waals surface area (Å²) >= 11 is 0. The Balaban J connectivity index is 2.24. The Labute approximate surface area is 88.7 Å². The fraction of sp³-hybridized carbons (Fsp3) is 0.700. The molecule has 0 saturated heterocycles. The first-order chi connectivity index (χ1) is 7.11. The topological polar surface area (TPSA) is 73.8 Å². The second-order valence-electron chi connectivity index (χ2n) is 4.20. The van der Waals surface area contributed by atoms with Crippen molar-refractivity contribution in [2.75, 3.05) is 0 Å². The standard InChI is InChI=1S/C10H16N4O/c1-6-12-13-10(14(6)2)9(15)7-4-3-5-8(7)11/h7-8H,3-5,11H2,1-2H3. The van der Waals surface area contributed by atoms with Gasteiger partial charge < -0.3 is 10.3 Å². The molecule has 0 radical (unpaired) electrons. The van der Waals surface area contributed by atoms with Crippen molar-refractivity contribution < 1.29 is 4.79 Å². The minimum atomic E-state index is -0.0627. The molecule has 1 fully saturated rings. The van der Waals surface area contributed by atoms with Crippen LogP contribution in [-0.2, 0) is 7.05 Å². The summed E-state index contributed by atoms with van der Waals surface area (Å²) in [6.45, 7) is 1.83. The van der Waals surface area contributed by atoms with Gasteiger partial charge in [-0.05, 0) is 19.8 Å². The van der Waals surface area contributed by atoms with Crippen molar-refractivity contribution >= 4 is 5.78 Å². The molecule has 0 aliphatic heterocycles. The van der Waals surface area contributed by atoms with Gasteiger partial charge in [-0.25, -0.2) is 0 Å². The van der Waals surface area contributed by atoms with Crippen molar-refractivity contribution in [2.45, 2.75) is 32.2 Å². The first-order valence-electron chi connectivity index (χ1n) is 5.27. The molecule has 0 aromatic carbocycles. The number of nitrogens with two attached hydrogens (primary N) is 1. The minimum absolute atomic E-state index is 0.00509. The van der Waals surface area contributed by atoms with Gasteiger partial charge in [-0.2, -0.15) is 0 Å². The Morgan fingerprint density at radius 2 is 2.20 bits per heavy atom. The SMILES string of the molecule is Cc1nnc(C(=O)C2CCCC2N)n1C. The second kappa shape index (κ2) is 3.73. The summed E-state index contributed by atoms with van der Waals surface area (Å²) in [6.07, 6.45) is 2.85. The van der Waals surface area contributed by atoms with Gasteiger partial charge in [0.1, 0.15) is 5.82 Å². The monoisotopic (exact) mass is 208 g/mol. The molecule has 82 valence electrons. The van der Waals surface area contributed by atoms with Crippen LogP contribution in [0.1, 0.15) is 35.7 Å².